The molecular formula is C23H20N4O2S. The number of rotatable bonds is 4. The second kappa shape index (κ2) is 8.42. The molecule has 0 saturated heterocycles. The molecule has 0 fully saturated rings. The van der Waals surface area contributed by atoms with Gasteiger partial charge in [0.1, 0.15) is 5.52 Å². The van der Waals surface area contributed by atoms with Crippen LogP contribution < -0.4 is 10.6 Å². The molecule has 6 nitrogen and oxygen atoms in total. The number of anilines is 1. The number of carbonyl (C=O) groups excluding carboxylic acids is 1. The van der Waals surface area contributed by atoms with E-state index in [-0.39, 0.29) is 11.0 Å². The van der Waals surface area contributed by atoms with Crippen LogP contribution in [0, 0.1) is 13.8 Å². The van der Waals surface area contributed by atoms with Crippen LogP contribution in [0.15, 0.2) is 65.3 Å². The van der Waals surface area contributed by atoms with E-state index in [9.17, 15) is 4.79 Å². The van der Waals surface area contributed by atoms with Crippen molar-refractivity contribution in [1.82, 2.24) is 15.3 Å². The van der Waals surface area contributed by atoms with Crippen LogP contribution in [0.3, 0.4) is 0 Å². The van der Waals surface area contributed by atoms with E-state index in [1.54, 1.807) is 18.3 Å². The van der Waals surface area contributed by atoms with Crippen LogP contribution >= 0.6 is 12.2 Å². The van der Waals surface area contributed by atoms with Crippen LogP contribution in [0.1, 0.15) is 32.9 Å². The Labute approximate surface area is 179 Å². The van der Waals surface area contributed by atoms with E-state index >= 15 is 0 Å². The molecular weight excluding hydrogens is 396 g/mol. The number of aryl methyl sites for hydroxylation is 2. The predicted octanol–water partition coefficient (Wildman–Crippen LogP) is 4.56. The maximum atomic E-state index is 12.1. The SMILES string of the molecule is Cc1cc(C)c2oc(Cc3ccc(NC(=S)NC(=O)c4cccnc4)cc3)nc2c1. The van der Waals surface area contributed by atoms with Gasteiger partial charge in [0.25, 0.3) is 5.91 Å². The summed E-state index contributed by atoms with van der Waals surface area (Å²) in [5, 5.41) is 5.87. The highest BCUT2D eigenvalue weighted by Crippen LogP contribution is 2.23. The van der Waals surface area contributed by atoms with Crippen LogP contribution in [0.5, 0.6) is 0 Å². The number of pyridine rings is 1. The molecule has 2 heterocycles. The molecule has 0 spiro atoms. The van der Waals surface area contributed by atoms with E-state index in [1.807, 2.05) is 37.3 Å². The van der Waals surface area contributed by atoms with Crippen molar-refractivity contribution in [2.45, 2.75) is 20.3 Å². The van der Waals surface area contributed by atoms with Crippen LogP contribution in [0.2, 0.25) is 0 Å². The van der Waals surface area contributed by atoms with Crippen molar-refractivity contribution in [1.29, 1.82) is 0 Å². The van der Waals surface area contributed by atoms with Crippen molar-refractivity contribution in [3.63, 3.8) is 0 Å². The molecule has 0 aliphatic rings. The number of hydrogen-bond acceptors (Lipinski definition) is 5. The van der Waals surface area contributed by atoms with E-state index < -0.39 is 0 Å². The minimum Gasteiger partial charge on any atom is -0.440 e. The molecule has 0 radical (unpaired) electrons. The fraction of sp³-hybridized carbons (Fsp3) is 0.130. The van der Waals surface area contributed by atoms with Gasteiger partial charge < -0.3 is 9.73 Å². The summed E-state index contributed by atoms with van der Waals surface area (Å²) in [4.78, 5) is 20.7. The van der Waals surface area contributed by atoms with Crippen LogP contribution in [-0.2, 0) is 6.42 Å². The van der Waals surface area contributed by atoms with Gasteiger partial charge in [0, 0.05) is 24.5 Å². The van der Waals surface area contributed by atoms with E-state index in [1.165, 1.54) is 11.8 Å². The largest absolute Gasteiger partial charge is 0.440 e. The molecule has 2 N–H and O–H groups in total. The standard InChI is InChI=1S/C23H20N4O2S/c1-14-10-15(2)21-19(11-14)26-20(29-21)12-16-5-7-18(8-6-16)25-23(30)27-22(28)17-4-3-9-24-13-17/h3-11,13H,12H2,1-2H3,(H2,25,27,28,30). The van der Waals surface area contributed by atoms with Gasteiger partial charge in [0.05, 0.1) is 5.56 Å². The first-order chi connectivity index (χ1) is 14.5. The summed E-state index contributed by atoms with van der Waals surface area (Å²) in [7, 11) is 0. The summed E-state index contributed by atoms with van der Waals surface area (Å²) in [6.45, 7) is 4.08. The van der Waals surface area contributed by atoms with Crippen molar-refractivity contribution in [3.8, 4) is 0 Å². The minimum absolute atomic E-state index is 0.224. The monoisotopic (exact) mass is 416 g/mol. The van der Waals surface area contributed by atoms with E-state index in [4.69, 9.17) is 16.6 Å². The summed E-state index contributed by atoms with van der Waals surface area (Å²) >= 11 is 5.22. The summed E-state index contributed by atoms with van der Waals surface area (Å²) in [6.07, 6.45) is 3.69. The quantitative estimate of drug-likeness (QED) is 0.475. The molecule has 0 saturated carbocycles. The third-order valence-electron chi connectivity index (χ3n) is 4.58. The lowest BCUT2D eigenvalue weighted by Gasteiger charge is -2.10. The van der Waals surface area contributed by atoms with E-state index in [0.29, 0.717) is 17.9 Å². The van der Waals surface area contributed by atoms with Crippen molar-refractivity contribution in [3.05, 3.63) is 89.1 Å². The fourth-order valence-electron chi connectivity index (χ4n) is 3.21. The van der Waals surface area contributed by atoms with Gasteiger partial charge in [-0.05, 0) is 73.1 Å². The van der Waals surface area contributed by atoms with Gasteiger partial charge in [-0.2, -0.15) is 0 Å². The van der Waals surface area contributed by atoms with Gasteiger partial charge >= 0.3 is 0 Å². The Morgan fingerprint density at radius 1 is 1.13 bits per heavy atom. The average Bonchev–Trinajstić information content (AvgIpc) is 3.12. The zero-order valence-corrected chi connectivity index (χ0v) is 17.4. The molecule has 0 atom stereocenters. The summed E-state index contributed by atoms with van der Waals surface area (Å²) in [6, 6.07) is 15.2. The lowest BCUT2D eigenvalue weighted by molar-refractivity contribution is 0.0977. The van der Waals surface area contributed by atoms with Crippen LogP contribution in [0.4, 0.5) is 5.69 Å². The number of aromatic nitrogens is 2. The first-order valence-electron chi connectivity index (χ1n) is 9.46. The highest BCUT2D eigenvalue weighted by atomic mass is 32.1. The minimum atomic E-state index is -0.307. The van der Waals surface area contributed by atoms with Gasteiger partial charge in [-0.25, -0.2) is 4.98 Å². The third-order valence-corrected chi connectivity index (χ3v) is 4.79. The van der Waals surface area contributed by atoms with Gasteiger partial charge in [-0.15, -0.1) is 0 Å². The number of benzene rings is 2. The second-order valence-electron chi connectivity index (χ2n) is 7.06. The first kappa shape index (κ1) is 19.7. The topological polar surface area (TPSA) is 80.0 Å². The number of hydrogen-bond donors (Lipinski definition) is 2. The number of carbonyl (C=O) groups is 1. The maximum absolute atomic E-state index is 12.1. The molecule has 4 rings (SSSR count). The fourth-order valence-corrected chi connectivity index (χ4v) is 3.42. The molecule has 2 aromatic heterocycles. The number of amides is 1. The van der Waals surface area contributed by atoms with E-state index in [2.05, 4.69) is 33.6 Å². The Bertz CT molecular complexity index is 1220. The Morgan fingerprint density at radius 3 is 2.67 bits per heavy atom. The second-order valence-corrected chi connectivity index (χ2v) is 7.47. The predicted molar refractivity (Wildman–Crippen MR) is 121 cm³/mol. The van der Waals surface area contributed by atoms with Crippen molar-refractivity contribution in [2.75, 3.05) is 5.32 Å². The molecule has 150 valence electrons. The zero-order valence-electron chi connectivity index (χ0n) is 16.6. The summed E-state index contributed by atoms with van der Waals surface area (Å²) in [5.41, 5.74) is 6.26. The molecule has 0 aliphatic carbocycles. The molecule has 7 heteroatoms. The molecule has 30 heavy (non-hydrogen) atoms. The molecule has 0 aliphatic heterocycles. The number of fused-ring (bicyclic) bond motifs is 1. The Hall–Kier alpha value is -3.58. The Balaban J connectivity index is 1.39. The Kier molecular flexibility index (Phi) is 5.54. The van der Waals surface area contributed by atoms with Crippen molar-refractivity contribution < 1.29 is 9.21 Å². The highest BCUT2D eigenvalue weighted by molar-refractivity contribution is 7.80. The smallest absolute Gasteiger partial charge is 0.258 e. The summed E-state index contributed by atoms with van der Waals surface area (Å²) < 4.78 is 5.94. The lowest BCUT2D eigenvalue weighted by Crippen LogP contribution is -2.34. The van der Waals surface area contributed by atoms with Crippen LogP contribution in [0.25, 0.3) is 11.1 Å². The highest BCUT2D eigenvalue weighted by Gasteiger charge is 2.10. The zero-order chi connectivity index (χ0) is 21.1. The molecule has 2 aromatic carbocycles. The normalized spacial score (nSPS) is 10.7. The third kappa shape index (κ3) is 4.52. The van der Waals surface area contributed by atoms with Crippen molar-refractivity contribution in [2.24, 2.45) is 0 Å². The first-order valence-corrected chi connectivity index (χ1v) is 9.87. The molecule has 1 amide bonds. The molecule has 0 bridgehead atoms. The Morgan fingerprint density at radius 2 is 1.93 bits per heavy atom. The number of thiocarbonyl (C=S) groups is 1. The number of nitrogens with one attached hydrogen (secondary N) is 2. The summed E-state index contributed by atoms with van der Waals surface area (Å²) in [5.74, 6) is 0.373. The average molecular weight is 417 g/mol. The van der Waals surface area contributed by atoms with Gasteiger partial charge in [0.2, 0.25) is 0 Å². The number of oxazole rings is 1. The van der Waals surface area contributed by atoms with Crippen LogP contribution in [-0.4, -0.2) is 21.0 Å². The lowest BCUT2D eigenvalue weighted by atomic mass is 10.1. The van der Waals surface area contributed by atoms with E-state index in [0.717, 1.165) is 27.9 Å². The van der Waals surface area contributed by atoms with Crippen molar-refractivity contribution >= 4 is 40.0 Å². The van der Waals surface area contributed by atoms with Gasteiger partial charge in [0.15, 0.2) is 16.6 Å². The molecule has 4 aromatic rings. The number of nitrogens with zero attached hydrogens (tertiary/aromatic N) is 2. The van der Waals surface area contributed by atoms with Gasteiger partial charge in [-0.1, -0.05) is 18.2 Å². The molecule has 0 unspecified atom stereocenters. The van der Waals surface area contributed by atoms with Gasteiger partial charge in [-0.3, -0.25) is 15.1 Å². The maximum Gasteiger partial charge on any atom is 0.258 e.